The van der Waals surface area contributed by atoms with E-state index in [9.17, 15) is 0 Å². The number of rotatable bonds is 4. The first-order valence-corrected chi connectivity index (χ1v) is 5.17. The Kier molecular flexibility index (Phi) is 7.17. The summed E-state index contributed by atoms with van der Waals surface area (Å²) in [4.78, 5) is 0. The lowest BCUT2D eigenvalue weighted by molar-refractivity contribution is 0.952. The Morgan fingerprint density at radius 2 is 2.08 bits per heavy atom. The van der Waals surface area contributed by atoms with Crippen molar-refractivity contribution in [3.05, 3.63) is 34.4 Å². The predicted octanol–water partition coefficient (Wildman–Crippen LogP) is 4.59. The number of hydrogen-bond donors (Lipinski definition) is 0. The quantitative estimate of drug-likeness (QED) is 0.618. The molecule has 0 saturated carbocycles. The second kappa shape index (κ2) is 7.35. The summed E-state index contributed by atoms with van der Waals surface area (Å²) in [6, 6.07) is 0. The molecule has 0 heterocycles. The molecular weight excluding hydrogens is 212 g/mol. The van der Waals surface area contributed by atoms with Crippen molar-refractivity contribution >= 4 is 15.9 Å². The van der Waals surface area contributed by atoms with E-state index >= 15 is 0 Å². The third-order valence-electron chi connectivity index (χ3n) is 1.55. The molecule has 12 heavy (non-hydrogen) atoms. The minimum Gasteiger partial charge on any atom is -0.0876 e. The highest BCUT2D eigenvalue weighted by Crippen LogP contribution is 2.17. The maximum atomic E-state index is 3.52. The Morgan fingerprint density at radius 1 is 1.42 bits per heavy atom. The highest BCUT2D eigenvalue weighted by Gasteiger charge is 1.91. The van der Waals surface area contributed by atoms with E-state index in [0.29, 0.717) is 0 Å². The van der Waals surface area contributed by atoms with Crippen LogP contribution in [0.15, 0.2) is 34.4 Å². The van der Waals surface area contributed by atoms with Gasteiger partial charge < -0.3 is 0 Å². The fourth-order valence-corrected chi connectivity index (χ4v) is 1.08. The molecule has 0 atom stereocenters. The van der Waals surface area contributed by atoms with Gasteiger partial charge in [0.25, 0.3) is 0 Å². The third-order valence-corrected chi connectivity index (χ3v) is 2.44. The van der Waals surface area contributed by atoms with E-state index in [1.165, 1.54) is 16.5 Å². The van der Waals surface area contributed by atoms with E-state index in [4.69, 9.17) is 0 Å². The molecule has 1 heteroatoms. The van der Waals surface area contributed by atoms with Gasteiger partial charge in [0.1, 0.15) is 0 Å². The van der Waals surface area contributed by atoms with Gasteiger partial charge in [-0.2, -0.15) is 0 Å². The Morgan fingerprint density at radius 3 is 2.58 bits per heavy atom. The molecule has 0 rings (SSSR count). The Labute approximate surface area is 84.2 Å². The average molecular weight is 229 g/mol. The molecule has 0 aliphatic carbocycles. The van der Waals surface area contributed by atoms with Crippen molar-refractivity contribution in [1.29, 1.82) is 0 Å². The molecule has 0 aromatic rings. The van der Waals surface area contributed by atoms with Crippen LogP contribution in [0.1, 0.15) is 33.6 Å². The van der Waals surface area contributed by atoms with Gasteiger partial charge in [0, 0.05) is 4.48 Å². The van der Waals surface area contributed by atoms with Crippen LogP contribution in [0.4, 0.5) is 0 Å². The van der Waals surface area contributed by atoms with E-state index < -0.39 is 0 Å². The SMILES string of the molecule is C\C=C/C=C(Br)\C(C)=C\CCC. The molecular formula is C11H17Br. The molecule has 68 valence electrons. The van der Waals surface area contributed by atoms with Gasteiger partial charge in [-0.25, -0.2) is 0 Å². The molecule has 0 aliphatic rings. The Hall–Kier alpha value is -0.300. The van der Waals surface area contributed by atoms with Crippen molar-refractivity contribution in [3.8, 4) is 0 Å². The van der Waals surface area contributed by atoms with Gasteiger partial charge >= 0.3 is 0 Å². The van der Waals surface area contributed by atoms with Gasteiger partial charge in [0.15, 0.2) is 0 Å². The zero-order chi connectivity index (χ0) is 9.40. The van der Waals surface area contributed by atoms with Crippen LogP contribution in [0, 0.1) is 0 Å². The van der Waals surface area contributed by atoms with Crippen molar-refractivity contribution < 1.29 is 0 Å². The monoisotopic (exact) mass is 228 g/mol. The van der Waals surface area contributed by atoms with Crippen molar-refractivity contribution in [3.63, 3.8) is 0 Å². The predicted molar refractivity (Wildman–Crippen MR) is 60.5 cm³/mol. The van der Waals surface area contributed by atoms with Crippen molar-refractivity contribution in [2.45, 2.75) is 33.6 Å². The molecule has 0 amide bonds. The van der Waals surface area contributed by atoms with Gasteiger partial charge in [0.05, 0.1) is 0 Å². The minimum absolute atomic E-state index is 1.16. The number of allylic oxidation sites excluding steroid dienone is 6. The van der Waals surface area contributed by atoms with Gasteiger partial charge in [-0.15, -0.1) is 0 Å². The summed E-state index contributed by atoms with van der Waals surface area (Å²) in [5.41, 5.74) is 1.31. The zero-order valence-electron chi connectivity index (χ0n) is 8.10. The van der Waals surface area contributed by atoms with Crippen LogP contribution in [0.2, 0.25) is 0 Å². The lowest BCUT2D eigenvalue weighted by Gasteiger charge is -1.97. The van der Waals surface area contributed by atoms with Crippen LogP contribution in [-0.2, 0) is 0 Å². The molecule has 0 nitrogen and oxygen atoms in total. The second-order valence-electron chi connectivity index (χ2n) is 2.72. The average Bonchev–Trinajstić information content (AvgIpc) is 2.10. The topological polar surface area (TPSA) is 0 Å². The van der Waals surface area contributed by atoms with Crippen LogP contribution < -0.4 is 0 Å². The highest BCUT2D eigenvalue weighted by molar-refractivity contribution is 9.12. The Balaban J connectivity index is 4.16. The summed E-state index contributed by atoms with van der Waals surface area (Å²) < 4.78 is 1.18. The first-order valence-electron chi connectivity index (χ1n) is 4.38. The highest BCUT2D eigenvalue weighted by atomic mass is 79.9. The number of unbranched alkanes of at least 4 members (excludes halogenated alkanes) is 1. The summed E-state index contributed by atoms with van der Waals surface area (Å²) in [7, 11) is 0. The zero-order valence-corrected chi connectivity index (χ0v) is 9.69. The van der Waals surface area contributed by atoms with Crippen molar-refractivity contribution in [2.24, 2.45) is 0 Å². The molecule has 0 spiro atoms. The fraction of sp³-hybridized carbons (Fsp3) is 0.455. The molecule has 0 N–H and O–H groups in total. The van der Waals surface area contributed by atoms with E-state index in [2.05, 4.69) is 41.9 Å². The fourth-order valence-electron chi connectivity index (χ4n) is 0.770. The summed E-state index contributed by atoms with van der Waals surface area (Å²) >= 11 is 3.52. The number of halogens is 1. The molecule has 0 saturated heterocycles. The van der Waals surface area contributed by atoms with Crippen LogP contribution >= 0.6 is 15.9 Å². The number of hydrogen-bond acceptors (Lipinski definition) is 0. The van der Waals surface area contributed by atoms with E-state index in [1.54, 1.807) is 0 Å². The van der Waals surface area contributed by atoms with E-state index in [-0.39, 0.29) is 0 Å². The largest absolute Gasteiger partial charge is 0.0876 e. The van der Waals surface area contributed by atoms with Crippen molar-refractivity contribution in [1.82, 2.24) is 0 Å². The van der Waals surface area contributed by atoms with Gasteiger partial charge in [-0.1, -0.05) is 47.5 Å². The van der Waals surface area contributed by atoms with Crippen LogP contribution in [-0.4, -0.2) is 0 Å². The molecule has 0 aliphatic heterocycles. The van der Waals surface area contributed by atoms with Gasteiger partial charge in [-0.05, 0) is 31.9 Å². The second-order valence-corrected chi connectivity index (χ2v) is 3.57. The first kappa shape index (κ1) is 11.7. The molecule has 0 aromatic heterocycles. The summed E-state index contributed by atoms with van der Waals surface area (Å²) in [6.45, 7) is 6.33. The normalized spacial score (nSPS) is 14.3. The smallest absolute Gasteiger partial charge is 0.0201 e. The lowest BCUT2D eigenvalue weighted by atomic mass is 10.2. The van der Waals surface area contributed by atoms with E-state index in [1.807, 2.05) is 19.1 Å². The lowest BCUT2D eigenvalue weighted by Crippen LogP contribution is -1.75. The summed E-state index contributed by atoms with van der Waals surface area (Å²) in [5, 5.41) is 0. The summed E-state index contributed by atoms with van der Waals surface area (Å²) in [5.74, 6) is 0. The molecule has 0 radical (unpaired) electrons. The van der Waals surface area contributed by atoms with Gasteiger partial charge in [0.2, 0.25) is 0 Å². The van der Waals surface area contributed by atoms with Crippen LogP contribution in [0.5, 0.6) is 0 Å². The van der Waals surface area contributed by atoms with Crippen LogP contribution in [0.3, 0.4) is 0 Å². The standard InChI is InChI=1S/C11H17Br/c1-4-6-8-10(3)11(12)9-7-5-2/h5,7-9H,4,6H2,1-3H3/b7-5-,10-8+,11-9+. The molecule has 0 unspecified atom stereocenters. The Bertz CT molecular complexity index is 197. The maximum absolute atomic E-state index is 3.52. The molecule has 0 bridgehead atoms. The van der Waals surface area contributed by atoms with Crippen LogP contribution in [0.25, 0.3) is 0 Å². The molecule has 0 aromatic carbocycles. The third kappa shape index (κ3) is 5.36. The molecule has 0 fully saturated rings. The summed E-state index contributed by atoms with van der Waals surface area (Å²) in [6.07, 6.45) is 10.7. The minimum atomic E-state index is 1.16. The maximum Gasteiger partial charge on any atom is 0.0201 e. The van der Waals surface area contributed by atoms with Gasteiger partial charge in [-0.3, -0.25) is 0 Å². The van der Waals surface area contributed by atoms with E-state index in [0.717, 1.165) is 6.42 Å². The first-order chi connectivity index (χ1) is 5.72. The van der Waals surface area contributed by atoms with Crippen molar-refractivity contribution in [2.75, 3.05) is 0 Å².